The van der Waals surface area contributed by atoms with Gasteiger partial charge in [0.25, 0.3) is 5.69 Å². The lowest BCUT2D eigenvalue weighted by atomic mass is 10.1. The van der Waals surface area contributed by atoms with E-state index >= 15 is 0 Å². The standard InChI is InChI=1S/C12H15F3N2O4/c1-8(19)9-2-3-10(11(6-9)17(20)21)16(4-5-18)7-12(13,14)15/h2-3,6,8,18-19H,4-5,7H2,1H3. The maximum atomic E-state index is 12.5. The lowest BCUT2D eigenvalue weighted by Crippen LogP contribution is -2.36. The van der Waals surface area contributed by atoms with E-state index in [2.05, 4.69) is 0 Å². The van der Waals surface area contributed by atoms with Gasteiger partial charge in [0, 0.05) is 12.6 Å². The van der Waals surface area contributed by atoms with Crippen molar-refractivity contribution in [2.75, 3.05) is 24.6 Å². The summed E-state index contributed by atoms with van der Waals surface area (Å²) in [5, 5.41) is 29.3. The molecule has 21 heavy (non-hydrogen) atoms. The predicted octanol–water partition coefficient (Wildman–Crippen LogP) is 2.01. The Morgan fingerprint density at radius 1 is 1.43 bits per heavy atom. The Morgan fingerprint density at radius 2 is 2.05 bits per heavy atom. The molecule has 1 unspecified atom stereocenters. The first-order valence-corrected chi connectivity index (χ1v) is 6.04. The maximum Gasteiger partial charge on any atom is 0.405 e. The zero-order valence-electron chi connectivity index (χ0n) is 11.2. The molecule has 0 saturated heterocycles. The predicted molar refractivity (Wildman–Crippen MR) is 69.1 cm³/mol. The van der Waals surface area contributed by atoms with Crippen LogP contribution in [0.1, 0.15) is 18.6 Å². The average molecular weight is 308 g/mol. The molecule has 0 aromatic heterocycles. The summed E-state index contributed by atoms with van der Waals surface area (Å²) in [5.41, 5.74) is -0.580. The molecule has 9 heteroatoms. The number of aliphatic hydroxyl groups excluding tert-OH is 2. The molecule has 1 atom stereocenters. The van der Waals surface area contributed by atoms with E-state index in [0.29, 0.717) is 4.90 Å². The summed E-state index contributed by atoms with van der Waals surface area (Å²) in [6, 6.07) is 3.48. The molecule has 0 aliphatic carbocycles. The molecule has 0 saturated carbocycles. The van der Waals surface area contributed by atoms with E-state index in [0.717, 1.165) is 12.1 Å². The molecule has 0 bridgehead atoms. The number of aliphatic hydroxyl groups is 2. The molecule has 0 amide bonds. The number of hydrogen-bond acceptors (Lipinski definition) is 5. The van der Waals surface area contributed by atoms with Gasteiger partial charge < -0.3 is 15.1 Å². The summed E-state index contributed by atoms with van der Waals surface area (Å²) < 4.78 is 37.6. The van der Waals surface area contributed by atoms with Gasteiger partial charge in [-0.25, -0.2) is 0 Å². The van der Waals surface area contributed by atoms with Gasteiger partial charge in [0.1, 0.15) is 12.2 Å². The number of nitro groups is 1. The fourth-order valence-electron chi connectivity index (χ4n) is 1.84. The van der Waals surface area contributed by atoms with Gasteiger partial charge in [-0.05, 0) is 18.6 Å². The zero-order chi connectivity index (χ0) is 16.2. The van der Waals surface area contributed by atoms with Crippen molar-refractivity contribution in [1.82, 2.24) is 0 Å². The Balaban J connectivity index is 3.26. The van der Waals surface area contributed by atoms with Gasteiger partial charge in [0.05, 0.1) is 17.6 Å². The van der Waals surface area contributed by atoms with Crippen molar-refractivity contribution in [3.8, 4) is 0 Å². The minimum Gasteiger partial charge on any atom is -0.395 e. The fraction of sp³-hybridized carbons (Fsp3) is 0.500. The first-order chi connectivity index (χ1) is 9.65. The van der Waals surface area contributed by atoms with Crippen LogP contribution in [0.15, 0.2) is 18.2 Å². The molecule has 1 aromatic carbocycles. The molecule has 0 aliphatic heterocycles. The fourth-order valence-corrected chi connectivity index (χ4v) is 1.84. The van der Waals surface area contributed by atoms with Crippen LogP contribution in [0.5, 0.6) is 0 Å². The van der Waals surface area contributed by atoms with E-state index in [1.165, 1.54) is 13.0 Å². The van der Waals surface area contributed by atoms with Gasteiger partial charge in [0.15, 0.2) is 0 Å². The summed E-state index contributed by atoms with van der Waals surface area (Å²) in [6.07, 6.45) is -5.54. The van der Waals surface area contributed by atoms with E-state index in [1.807, 2.05) is 0 Å². The number of nitro benzene ring substituents is 1. The summed E-state index contributed by atoms with van der Waals surface area (Å²) in [6.45, 7) is -0.998. The molecule has 118 valence electrons. The molecule has 0 radical (unpaired) electrons. The van der Waals surface area contributed by atoms with Crippen molar-refractivity contribution < 1.29 is 28.3 Å². The molecule has 2 N–H and O–H groups in total. The molecule has 6 nitrogen and oxygen atoms in total. The minimum atomic E-state index is -4.56. The first kappa shape index (κ1) is 17.2. The summed E-state index contributed by atoms with van der Waals surface area (Å²) in [4.78, 5) is 10.9. The van der Waals surface area contributed by atoms with Crippen LogP contribution in [-0.4, -0.2) is 41.0 Å². The molecule has 0 heterocycles. The maximum absolute atomic E-state index is 12.5. The highest BCUT2D eigenvalue weighted by Crippen LogP contribution is 2.32. The van der Waals surface area contributed by atoms with Crippen molar-refractivity contribution in [3.63, 3.8) is 0 Å². The molecule has 1 aromatic rings. The minimum absolute atomic E-state index is 0.224. The van der Waals surface area contributed by atoms with Crippen LogP contribution in [0.4, 0.5) is 24.5 Å². The lowest BCUT2D eigenvalue weighted by molar-refractivity contribution is -0.384. The van der Waals surface area contributed by atoms with Crippen LogP contribution in [0.2, 0.25) is 0 Å². The van der Waals surface area contributed by atoms with Gasteiger partial charge in [-0.1, -0.05) is 6.07 Å². The van der Waals surface area contributed by atoms with Crippen LogP contribution < -0.4 is 4.90 Å². The van der Waals surface area contributed by atoms with Gasteiger partial charge in [0.2, 0.25) is 0 Å². The Hall–Kier alpha value is -1.87. The smallest absolute Gasteiger partial charge is 0.395 e. The van der Waals surface area contributed by atoms with Gasteiger partial charge >= 0.3 is 6.18 Å². The normalized spacial score (nSPS) is 13.0. The number of rotatable bonds is 6. The average Bonchev–Trinajstić information content (AvgIpc) is 2.35. The summed E-state index contributed by atoms with van der Waals surface area (Å²) >= 11 is 0. The van der Waals surface area contributed by atoms with Crippen LogP contribution >= 0.6 is 0 Å². The highest BCUT2D eigenvalue weighted by molar-refractivity contribution is 5.64. The number of benzene rings is 1. The second-order valence-electron chi connectivity index (χ2n) is 4.44. The number of nitrogens with zero attached hydrogens (tertiary/aromatic N) is 2. The van der Waals surface area contributed by atoms with Crippen LogP contribution in [0.3, 0.4) is 0 Å². The van der Waals surface area contributed by atoms with E-state index in [9.17, 15) is 28.4 Å². The van der Waals surface area contributed by atoms with E-state index in [1.54, 1.807) is 0 Å². The van der Waals surface area contributed by atoms with E-state index in [4.69, 9.17) is 5.11 Å². The monoisotopic (exact) mass is 308 g/mol. The number of anilines is 1. The Bertz CT molecular complexity index is 506. The second kappa shape index (κ2) is 6.72. The first-order valence-electron chi connectivity index (χ1n) is 6.04. The van der Waals surface area contributed by atoms with Gasteiger partial charge in [-0.2, -0.15) is 13.2 Å². The topological polar surface area (TPSA) is 86.8 Å². The number of hydrogen-bond donors (Lipinski definition) is 2. The summed E-state index contributed by atoms with van der Waals surface area (Å²) in [5.74, 6) is 0. The third kappa shape index (κ3) is 4.87. The SMILES string of the molecule is CC(O)c1ccc(N(CCO)CC(F)(F)F)c([N+](=O)[O-])c1. The molecule has 0 spiro atoms. The van der Waals surface area contributed by atoms with E-state index in [-0.39, 0.29) is 11.3 Å². The number of halogens is 3. The third-order valence-corrected chi connectivity index (χ3v) is 2.76. The Morgan fingerprint density at radius 3 is 2.48 bits per heavy atom. The molecular weight excluding hydrogens is 293 g/mol. The van der Waals surface area contributed by atoms with Crippen molar-refractivity contribution in [1.29, 1.82) is 0 Å². The molecule has 0 aliphatic rings. The largest absolute Gasteiger partial charge is 0.405 e. The van der Waals surface area contributed by atoms with Crippen LogP contribution in [-0.2, 0) is 0 Å². The van der Waals surface area contributed by atoms with Crippen molar-refractivity contribution >= 4 is 11.4 Å². The van der Waals surface area contributed by atoms with Gasteiger partial charge in [-0.15, -0.1) is 0 Å². The van der Waals surface area contributed by atoms with E-state index < -0.39 is 42.6 Å². The second-order valence-corrected chi connectivity index (χ2v) is 4.44. The Kier molecular flexibility index (Phi) is 5.50. The molecular formula is C12H15F3N2O4. The van der Waals surface area contributed by atoms with Crippen molar-refractivity contribution in [3.05, 3.63) is 33.9 Å². The van der Waals surface area contributed by atoms with Crippen molar-refractivity contribution in [2.45, 2.75) is 19.2 Å². The van der Waals surface area contributed by atoms with Crippen molar-refractivity contribution in [2.24, 2.45) is 0 Å². The Labute approximate surface area is 118 Å². The quantitative estimate of drug-likeness (QED) is 0.620. The molecule has 0 fully saturated rings. The number of alkyl halides is 3. The van der Waals surface area contributed by atoms with Crippen LogP contribution in [0, 0.1) is 10.1 Å². The highest BCUT2D eigenvalue weighted by Gasteiger charge is 2.33. The summed E-state index contributed by atoms with van der Waals surface area (Å²) in [7, 11) is 0. The molecule has 1 rings (SSSR count). The van der Waals surface area contributed by atoms with Gasteiger partial charge in [-0.3, -0.25) is 10.1 Å². The highest BCUT2D eigenvalue weighted by atomic mass is 19.4. The lowest BCUT2D eigenvalue weighted by Gasteiger charge is -2.25. The van der Waals surface area contributed by atoms with Crippen LogP contribution in [0.25, 0.3) is 0 Å². The third-order valence-electron chi connectivity index (χ3n) is 2.76. The zero-order valence-corrected chi connectivity index (χ0v) is 11.2.